The summed E-state index contributed by atoms with van der Waals surface area (Å²) in [5, 5.41) is 3.07. The highest BCUT2D eigenvalue weighted by Crippen LogP contribution is 2.14. The Kier molecular flexibility index (Phi) is 6.15. The third-order valence-electron chi connectivity index (χ3n) is 2.50. The van der Waals surface area contributed by atoms with E-state index in [4.69, 9.17) is 0 Å². The van der Waals surface area contributed by atoms with Crippen LogP contribution in [-0.2, 0) is 17.7 Å². The summed E-state index contributed by atoms with van der Waals surface area (Å²) in [6, 6.07) is 8.00. The van der Waals surface area contributed by atoms with Crippen LogP contribution in [0.2, 0.25) is 0 Å². The minimum Gasteiger partial charge on any atom is -0.371 e. The first-order chi connectivity index (χ1) is 8.53. The lowest BCUT2D eigenvalue weighted by molar-refractivity contribution is -0.173. The van der Waals surface area contributed by atoms with Crippen LogP contribution in [-0.4, -0.2) is 25.9 Å². The molecule has 0 saturated carbocycles. The van der Waals surface area contributed by atoms with Gasteiger partial charge in [0.25, 0.3) is 0 Å². The summed E-state index contributed by atoms with van der Waals surface area (Å²) in [6.45, 7) is 2.02. The molecule has 0 aromatic heterocycles. The number of benzene rings is 1. The second-order valence-corrected chi connectivity index (χ2v) is 3.97. The van der Waals surface area contributed by atoms with Crippen LogP contribution in [0.15, 0.2) is 24.3 Å². The number of halogens is 3. The zero-order chi connectivity index (χ0) is 13.4. The molecule has 0 saturated heterocycles. The van der Waals surface area contributed by atoms with Gasteiger partial charge in [-0.15, -0.1) is 0 Å². The molecule has 5 heteroatoms. The van der Waals surface area contributed by atoms with E-state index in [0.717, 1.165) is 6.42 Å². The van der Waals surface area contributed by atoms with Crippen molar-refractivity contribution in [2.24, 2.45) is 0 Å². The lowest BCUT2D eigenvalue weighted by atomic mass is 10.1. The van der Waals surface area contributed by atoms with Crippen molar-refractivity contribution in [1.82, 2.24) is 5.32 Å². The predicted octanol–water partition coefficient (Wildman–Crippen LogP) is 2.92. The number of ether oxygens (including phenoxy) is 1. The first-order valence-corrected chi connectivity index (χ1v) is 5.95. The Bertz CT molecular complexity index is 352. The van der Waals surface area contributed by atoms with E-state index in [9.17, 15) is 13.2 Å². The lowest BCUT2D eigenvalue weighted by Crippen LogP contribution is -2.24. The molecule has 102 valence electrons. The normalized spacial score (nSPS) is 11.8. The number of nitrogens with one attached hydrogen (secondary N) is 1. The zero-order valence-corrected chi connectivity index (χ0v) is 10.4. The summed E-state index contributed by atoms with van der Waals surface area (Å²) in [5.74, 6) is 0. The highest BCUT2D eigenvalue weighted by molar-refractivity contribution is 5.26. The van der Waals surface area contributed by atoms with Crippen molar-refractivity contribution in [1.29, 1.82) is 0 Å². The second-order valence-electron chi connectivity index (χ2n) is 3.97. The van der Waals surface area contributed by atoms with Crippen molar-refractivity contribution in [3.8, 4) is 0 Å². The topological polar surface area (TPSA) is 21.3 Å². The number of rotatable bonds is 7. The SMILES string of the molecule is CCc1ccccc1CNCCOCC(F)(F)F. The first-order valence-electron chi connectivity index (χ1n) is 5.95. The maximum atomic E-state index is 11.8. The molecule has 0 atom stereocenters. The molecule has 18 heavy (non-hydrogen) atoms. The maximum absolute atomic E-state index is 11.8. The molecule has 0 aliphatic carbocycles. The van der Waals surface area contributed by atoms with Gasteiger partial charge in [-0.1, -0.05) is 31.2 Å². The molecular weight excluding hydrogens is 243 g/mol. The van der Waals surface area contributed by atoms with Crippen LogP contribution in [0.4, 0.5) is 13.2 Å². The summed E-state index contributed by atoms with van der Waals surface area (Å²) < 4.78 is 39.9. The average molecular weight is 261 g/mol. The summed E-state index contributed by atoms with van der Waals surface area (Å²) >= 11 is 0. The van der Waals surface area contributed by atoms with Crippen LogP contribution in [0.3, 0.4) is 0 Å². The van der Waals surface area contributed by atoms with Crippen LogP contribution in [0.1, 0.15) is 18.1 Å². The molecule has 0 bridgehead atoms. The van der Waals surface area contributed by atoms with E-state index in [-0.39, 0.29) is 6.61 Å². The van der Waals surface area contributed by atoms with Crippen LogP contribution in [0.5, 0.6) is 0 Å². The Morgan fingerprint density at radius 1 is 1.17 bits per heavy atom. The van der Waals surface area contributed by atoms with Gasteiger partial charge in [-0.3, -0.25) is 0 Å². The Morgan fingerprint density at radius 2 is 1.83 bits per heavy atom. The maximum Gasteiger partial charge on any atom is 0.411 e. The molecule has 0 aliphatic heterocycles. The Labute approximate surface area is 105 Å². The minimum absolute atomic E-state index is 0.0633. The molecule has 2 nitrogen and oxygen atoms in total. The van der Waals surface area contributed by atoms with E-state index >= 15 is 0 Å². The van der Waals surface area contributed by atoms with Crippen LogP contribution >= 0.6 is 0 Å². The number of hydrogen-bond donors (Lipinski definition) is 1. The highest BCUT2D eigenvalue weighted by Gasteiger charge is 2.27. The van der Waals surface area contributed by atoms with Crippen molar-refractivity contribution in [2.45, 2.75) is 26.1 Å². The summed E-state index contributed by atoms with van der Waals surface area (Å²) in [5.41, 5.74) is 2.43. The predicted molar refractivity (Wildman–Crippen MR) is 64.4 cm³/mol. The fourth-order valence-corrected chi connectivity index (χ4v) is 1.63. The van der Waals surface area contributed by atoms with Gasteiger partial charge in [-0.25, -0.2) is 0 Å². The molecular formula is C13H18F3NO. The van der Waals surface area contributed by atoms with Gasteiger partial charge in [-0.2, -0.15) is 13.2 Å². The standard InChI is InChI=1S/C13H18F3NO/c1-2-11-5-3-4-6-12(11)9-17-7-8-18-10-13(14,15)16/h3-6,17H,2,7-10H2,1H3. The van der Waals surface area contributed by atoms with Crippen LogP contribution in [0.25, 0.3) is 0 Å². The smallest absolute Gasteiger partial charge is 0.371 e. The lowest BCUT2D eigenvalue weighted by Gasteiger charge is -2.10. The average Bonchev–Trinajstić information content (AvgIpc) is 2.32. The van der Waals surface area contributed by atoms with E-state index in [2.05, 4.69) is 23.0 Å². The molecule has 0 heterocycles. The zero-order valence-electron chi connectivity index (χ0n) is 10.4. The van der Waals surface area contributed by atoms with Crippen molar-refractivity contribution >= 4 is 0 Å². The van der Waals surface area contributed by atoms with Gasteiger partial charge < -0.3 is 10.1 Å². The van der Waals surface area contributed by atoms with Crippen molar-refractivity contribution < 1.29 is 17.9 Å². The largest absolute Gasteiger partial charge is 0.411 e. The van der Waals surface area contributed by atoms with Gasteiger partial charge in [0.2, 0.25) is 0 Å². The molecule has 1 rings (SSSR count). The fourth-order valence-electron chi connectivity index (χ4n) is 1.63. The van der Waals surface area contributed by atoms with E-state index in [1.807, 2.05) is 18.2 Å². The number of alkyl halides is 3. The Balaban J connectivity index is 2.18. The van der Waals surface area contributed by atoms with E-state index in [0.29, 0.717) is 13.1 Å². The third-order valence-corrected chi connectivity index (χ3v) is 2.50. The molecule has 1 aromatic carbocycles. The summed E-state index contributed by atoms with van der Waals surface area (Å²) in [6.07, 6.45) is -3.29. The van der Waals surface area contributed by atoms with Gasteiger partial charge >= 0.3 is 6.18 Å². The fraction of sp³-hybridized carbons (Fsp3) is 0.538. The van der Waals surface area contributed by atoms with Gasteiger partial charge in [0.1, 0.15) is 6.61 Å². The van der Waals surface area contributed by atoms with Crippen molar-refractivity contribution in [3.63, 3.8) is 0 Å². The van der Waals surface area contributed by atoms with Gasteiger partial charge in [0.15, 0.2) is 0 Å². The Hall–Kier alpha value is -1.07. The van der Waals surface area contributed by atoms with Crippen molar-refractivity contribution in [2.75, 3.05) is 19.8 Å². The molecule has 0 fully saturated rings. The van der Waals surface area contributed by atoms with Gasteiger partial charge in [0, 0.05) is 13.1 Å². The summed E-state index contributed by atoms with van der Waals surface area (Å²) in [4.78, 5) is 0. The quantitative estimate of drug-likeness (QED) is 0.762. The van der Waals surface area contributed by atoms with E-state index < -0.39 is 12.8 Å². The molecule has 1 aromatic rings. The highest BCUT2D eigenvalue weighted by atomic mass is 19.4. The van der Waals surface area contributed by atoms with E-state index in [1.54, 1.807) is 0 Å². The second kappa shape index (κ2) is 7.38. The number of hydrogen-bond acceptors (Lipinski definition) is 2. The van der Waals surface area contributed by atoms with Gasteiger partial charge in [-0.05, 0) is 17.5 Å². The first kappa shape index (κ1) is 15.0. The molecule has 1 N–H and O–H groups in total. The van der Waals surface area contributed by atoms with Gasteiger partial charge in [0.05, 0.1) is 6.61 Å². The Morgan fingerprint density at radius 3 is 2.44 bits per heavy atom. The molecule has 0 amide bonds. The molecule has 0 aliphatic rings. The molecule has 0 unspecified atom stereocenters. The third kappa shape index (κ3) is 6.02. The van der Waals surface area contributed by atoms with Crippen molar-refractivity contribution in [3.05, 3.63) is 35.4 Å². The monoisotopic (exact) mass is 261 g/mol. The van der Waals surface area contributed by atoms with Crippen LogP contribution < -0.4 is 5.32 Å². The van der Waals surface area contributed by atoms with Crippen LogP contribution in [0, 0.1) is 0 Å². The number of aryl methyl sites for hydroxylation is 1. The molecule has 0 spiro atoms. The molecule has 0 radical (unpaired) electrons. The minimum atomic E-state index is -4.24. The van der Waals surface area contributed by atoms with E-state index in [1.165, 1.54) is 11.1 Å². The summed E-state index contributed by atoms with van der Waals surface area (Å²) in [7, 11) is 0.